The Labute approximate surface area is 107 Å². The summed E-state index contributed by atoms with van der Waals surface area (Å²) >= 11 is 0. The van der Waals surface area contributed by atoms with Gasteiger partial charge in [-0.2, -0.15) is 0 Å². The fraction of sp³-hybridized carbons (Fsp3) is 0.385. The second-order valence-corrected chi connectivity index (χ2v) is 4.05. The lowest BCUT2D eigenvalue weighted by molar-refractivity contribution is 0.309. The molecule has 0 amide bonds. The van der Waals surface area contributed by atoms with Gasteiger partial charge in [-0.3, -0.25) is 0 Å². The average molecular weight is 246 g/mol. The Morgan fingerprint density at radius 2 is 1.89 bits per heavy atom. The van der Waals surface area contributed by atoms with Crippen LogP contribution in [0.2, 0.25) is 0 Å². The molecular formula is C13H18N4O. The van der Waals surface area contributed by atoms with Gasteiger partial charge in [0.05, 0.1) is 13.2 Å². The molecule has 0 saturated heterocycles. The maximum atomic E-state index is 5.61. The summed E-state index contributed by atoms with van der Waals surface area (Å²) < 4.78 is 7.33. The fourth-order valence-corrected chi connectivity index (χ4v) is 1.50. The van der Waals surface area contributed by atoms with E-state index >= 15 is 0 Å². The van der Waals surface area contributed by atoms with Crippen molar-refractivity contribution >= 4 is 0 Å². The number of nitrogens with zero attached hydrogens (tertiary/aromatic N) is 3. The van der Waals surface area contributed by atoms with Crippen molar-refractivity contribution in [2.24, 2.45) is 0 Å². The molecule has 5 nitrogen and oxygen atoms in total. The van der Waals surface area contributed by atoms with Gasteiger partial charge in [0.2, 0.25) is 0 Å². The molecule has 18 heavy (non-hydrogen) atoms. The molecule has 0 unspecified atom stereocenters. The number of rotatable bonds is 7. The van der Waals surface area contributed by atoms with E-state index in [1.807, 2.05) is 12.1 Å². The quantitative estimate of drug-likeness (QED) is 0.761. The van der Waals surface area contributed by atoms with Gasteiger partial charge in [0, 0.05) is 0 Å². The maximum absolute atomic E-state index is 5.61. The van der Waals surface area contributed by atoms with E-state index in [0.29, 0.717) is 0 Å². The molecule has 0 spiro atoms. The lowest BCUT2D eigenvalue weighted by Gasteiger charge is -2.08. The van der Waals surface area contributed by atoms with E-state index in [4.69, 9.17) is 4.74 Å². The van der Waals surface area contributed by atoms with Gasteiger partial charge in [0.25, 0.3) is 0 Å². The number of ether oxygens (including phenoxy) is 1. The van der Waals surface area contributed by atoms with Crippen molar-refractivity contribution in [1.29, 1.82) is 0 Å². The Morgan fingerprint density at radius 1 is 1.17 bits per heavy atom. The number of benzene rings is 1. The molecule has 0 aliphatic rings. The van der Waals surface area contributed by atoms with Crippen molar-refractivity contribution in [1.82, 2.24) is 14.9 Å². The Hall–Kier alpha value is -2.04. The van der Waals surface area contributed by atoms with Gasteiger partial charge in [-0.15, -0.1) is 10.2 Å². The topological polar surface area (TPSA) is 52.0 Å². The lowest BCUT2D eigenvalue weighted by atomic mass is 10.2. The number of unbranched alkanes of at least 4 members (excludes halogenated alkanes) is 1. The highest BCUT2D eigenvalue weighted by molar-refractivity contribution is 5.27. The highest BCUT2D eigenvalue weighted by Crippen LogP contribution is 2.12. The Morgan fingerprint density at radius 3 is 2.56 bits per heavy atom. The highest BCUT2D eigenvalue weighted by Gasteiger charge is 1.96. The second kappa shape index (κ2) is 6.64. The lowest BCUT2D eigenvalue weighted by Crippen LogP contribution is -2.11. The fourth-order valence-electron chi connectivity index (χ4n) is 1.50. The van der Waals surface area contributed by atoms with Crippen LogP contribution in [0.25, 0.3) is 0 Å². The van der Waals surface area contributed by atoms with Crippen LogP contribution >= 0.6 is 0 Å². The first-order chi connectivity index (χ1) is 8.88. The minimum absolute atomic E-state index is 0.729. The van der Waals surface area contributed by atoms with Gasteiger partial charge < -0.3 is 10.2 Å². The molecule has 0 radical (unpaired) electrons. The molecule has 96 valence electrons. The molecule has 0 atom stereocenters. The highest BCUT2D eigenvalue weighted by atomic mass is 16.5. The van der Waals surface area contributed by atoms with Crippen LogP contribution in [-0.2, 0) is 6.54 Å². The molecule has 0 saturated carbocycles. The smallest absolute Gasteiger partial charge is 0.138 e. The minimum atomic E-state index is 0.729. The summed E-state index contributed by atoms with van der Waals surface area (Å²) in [4.78, 5) is 0. The largest absolute Gasteiger partial charge is 0.494 e. The van der Waals surface area contributed by atoms with Gasteiger partial charge in [-0.1, -0.05) is 25.5 Å². The summed E-state index contributed by atoms with van der Waals surface area (Å²) in [6.07, 6.45) is 5.50. The van der Waals surface area contributed by atoms with Crippen molar-refractivity contribution < 1.29 is 4.74 Å². The van der Waals surface area contributed by atoms with Crippen LogP contribution in [0.5, 0.6) is 5.75 Å². The van der Waals surface area contributed by atoms with E-state index in [0.717, 1.165) is 31.7 Å². The third-order valence-electron chi connectivity index (χ3n) is 2.57. The molecule has 0 aliphatic carbocycles. The van der Waals surface area contributed by atoms with Crippen molar-refractivity contribution in [2.75, 3.05) is 12.0 Å². The third kappa shape index (κ3) is 3.76. The predicted octanol–water partition coefficient (Wildman–Crippen LogP) is 2.20. The maximum Gasteiger partial charge on any atom is 0.138 e. The van der Waals surface area contributed by atoms with Crippen molar-refractivity contribution in [2.45, 2.75) is 26.3 Å². The predicted molar refractivity (Wildman–Crippen MR) is 69.9 cm³/mol. The molecule has 5 heteroatoms. The van der Waals surface area contributed by atoms with E-state index < -0.39 is 0 Å². The summed E-state index contributed by atoms with van der Waals surface area (Å²) in [5.74, 6) is 0.927. The summed E-state index contributed by atoms with van der Waals surface area (Å²) in [5, 5.41) is 7.44. The van der Waals surface area contributed by atoms with Gasteiger partial charge in [-0.25, -0.2) is 4.68 Å². The summed E-state index contributed by atoms with van der Waals surface area (Å²) in [6.45, 7) is 3.67. The summed E-state index contributed by atoms with van der Waals surface area (Å²) in [6, 6.07) is 8.11. The molecule has 0 fully saturated rings. The Bertz CT molecular complexity index is 439. The molecule has 2 aromatic rings. The SMILES string of the molecule is CCCCOc1ccc(CNn2cnnc2)cc1. The molecule has 1 aromatic heterocycles. The van der Waals surface area contributed by atoms with E-state index in [-0.39, 0.29) is 0 Å². The summed E-state index contributed by atoms with van der Waals surface area (Å²) in [7, 11) is 0. The molecule has 2 rings (SSSR count). The zero-order valence-corrected chi connectivity index (χ0v) is 10.5. The van der Waals surface area contributed by atoms with Crippen LogP contribution < -0.4 is 10.2 Å². The zero-order chi connectivity index (χ0) is 12.6. The van der Waals surface area contributed by atoms with Crippen LogP contribution in [0.1, 0.15) is 25.3 Å². The van der Waals surface area contributed by atoms with Gasteiger partial charge in [0.1, 0.15) is 18.4 Å². The zero-order valence-electron chi connectivity index (χ0n) is 10.5. The van der Waals surface area contributed by atoms with Crippen LogP contribution in [0.3, 0.4) is 0 Å². The van der Waals surface area contributed by atoms with E-state index in [2.05, 4.69) is 34.7 Å². The van der Waals surface area contributed by atoms with Gasteiger partial charge in [0.15, 0.2) is 0 Å². The number of aromatic nitrogens is 3. The molecule has 1 aromatic carbocycles. The molecule has 1 N–H and O–H groups in total. The number of hydrogen-bond donors (Lipinski definition) is 1. The molecule has 0 bridgehead atoms. The van der Waals surface area contributed by atoms with Crippen molar-refractivity contribution in [3.8, 4) is 5.75 Å². The van der Waals surface area contributed by atoms with Crippen LogP contribution in [0.4, 0.5) is 0 Å². The van der Waals surface area contributed by atoms with Gasteiger partial charge >= 0.3 is 0 Å². The number of hydrogen-bond acceptors (Lipinski definition) is 4. The van der Waals surface area contributed by atoms with E-state index in [1.54, 1.807) is 17.3 Å². The first kappa shape index (κ1) is 12.4. The van der Waals surface area contributed by atoms with Crippen LogP contribution in [0, 0.1) is 0 Å². The van der Waals surface area contributed by atoms with E-state index in [9.17, 15) is 0 Å². The first-order valence-electron chi connectivity index (χ1n) is 6.18. The molecule has 0 aliphatic heterocycles. The average Bonchev–Trinajstić information content (AvgIpc) is 2.91. The third-order valence-corrected chi connectivity index (χ3v) is 2.57. The molecular weight excluding hydrogens is 228 g/mol. The standard InChI is InChI=1S/C13H18N4O/c1-2-3-8-18-13-6-4-12(5-7-13)9-16-17-10-14-15-11-17/h4-7,10-11,16H,2-3,8-9H2,1H3. The van der Waals surface area contributed by atoms with Crippen LogP contribution in [-0.4, -0.2) is 21.5 Å². The number of nitrogens with one attached hydrogen (secondary N) is 1. The monoisotopic (exact) mass is 246 g/mol. The Kier molecular flexibility index (Phi) is 4.58. The minimum Gasteiger partial charge on any atom is -0.494 e. The van der Waals surface area contributed by atoms with Crippen LogP contribution in [0.15, 0.2) is 36.9 Å². The van der Waals surface area contributed by atoms with Gasteiger partial charge in [-0.05, 0) is 24.1 Å². The normalized spacial score (nSPS) is 10.3. The van der Waals surface area contributed by atoms with E-state index in [1.165, 1.54) is 5.56 Å². The molecule has 1 heterocycles. The van der Waals surface area contributed by atoms with Crippen molar-refractivity contribution in [3.05, 3.63) is 42.5 Å². The second-order valence-electron chi connectivity index (χ2n) is 4.05. The Balaban J connectivity index is 1.80. The first-order valence-corrected chi connectivity index (χ1v) is 6.18. The van der Waals surface area contributed by atoms with Crippen molar-refractivity contribution in [3.63, 3.8) is 0 Å². The summed E-state index contributed by atoms with van der Waals surface area (Å²) in [5.41, 5.74) is 4.35.